The number of aromatic nitrogens is 2. The molecule has 11 heteroatoms. The minimum Gasteiger partial charge on any atom is -0.507 e. The van der Waals surface area contributed by atoms with Crippen molar-refractivity contribution in [1.82, 2.24) is 10.2 Å². The van der Waals surface area contributed by atoms with E-state index in [0.29, 0.717) is 52.4 Å². The Bertz CT molecular complexity index is 1790. The summed E-state index contributed by atoms with van der Waals surface area (Å²) in [7, 11) is 0. The predicted molar refractivity (Wildman–Crippen MR) is 184 cm³/mol. The first-order valence-electron chi connectivity index (χ1n) is 15.9. The Morgan fingerprint density at radius 2 is 1.85 bits per heavy atom. The highest BCUT2D eigenvalue weighted by Crippen LogP contribution is 2.46. The van der Waals surface area contributed by atoms with Crippen LogP contribution in [0.2, 0.25) is 0 Å². The van der Waals surface area contributed by atoms with Gasteiger partial charge in [-0.15, -0.1) is 10.2 Å². The van der Waals surface area contributed by atoms with E-state index in [-0.39, 0.29) is 22.6 Å². The van der Waals surface area contributed by atoms with Crippen molar-refractivity contribution < 1.29 is 28.9 Å². The lowest BCUT2D eigenvalue weighted by molar-refractivity contribution is -0.132. The van der Waals surface area contributed by atoms with Crippen LogP contribution in [-0.4, -0.2) is 46.3 Å². The number of hydrogen-bond donors (Lipinski definition) is 1. The molecule has 1 saturated heterocycles. The second-order valence-corrected chi connectivity index (χ2v) is 13.6. The van der Waals surface area contributed by atoms with Crippen LogP contribution < -0.4 is 19.1 Å². The molecule has 47 heavy (non-hydrogen) atoms. The van der Waals surface area contributed by atoms with Gasteiger partial charge in [0.1, 0.15) is 17.6 Å². The predicted octanol–water partition coefficient (Wildman–Crippen LogP) is 7.75. The molecule has 9 nitrogen and oxygen atoms in total. The molecule has 3 heterocycles. The third kappa shape index (κ3) is 7.01. The number of amides is 1. The average Bonchev–Trinajstić information content (AvgIpc) is 3.77. The minimum absolute atomic E-state index is 0.0130. The lowest BCUT2D eigenvalue weighted by Gasteiger charge is -2.23. The lowest BCUT2D eigenvalue weighted by Crippen LogP contribution is -2.29. The van der Waals surface area contributed by atoms with Crippen LogP contribution in [0.3, 0.4) is 0 Å². The summed E-state index contributed by atoms with van der Waals surface area (Å²) in [6.45, 7) is 6.93. The van der Waals surface area contributed by atoms with Gasteiger partial charge in [-0.25, -0.2) is 0 Å². The van der Waals surface area contributed by atoms with Gasteiger partial charge in [-0.1, -0.05) is 79.3 Å². The first kappa shape index (κ1) is 32.6. The molecule has 6 rings (SSSR count). The van der Waals surface area contributed by atoms with Crippen LogP contribution in [0.4, 0.5) is 5.13 Å². The largest absolute Gasteiger partial charge is 0.507 e. The van der Waals surface area contributed by atoms with Crippen molar-refractivity contribution in [3.05, 3.63) is 94.6 Å². The van der Waals surface area contributed by atoms with E-state index in [2.05, 4.69) is 17.1 Å². The third-order valence-electron chi connectivity index (χ3n) is 8.01. The lowest BCUT2D eigenvalue weighted by atomic mass is 9.94. The molecule has 244 valence electrons. The van der Waals surface area contributed by atoms with Gasteiger partial charge in [-0.3, -0.25) is 14.5 Å². The van der Waals surface area contributed by atoms with Gasteiger partial charge in [0, 0.05) is 17.7 Å². The summed E-state index contributed by atoms with van der Waals surface area (Å²) in [6, 6.07) is 19.7. The van der Waals surface area contributed by atoms with Crippen molar-refractivity contribution in [1.29, 1.82) is 0 Å². The number of rotatable bonds is 13. The molecule has 0 aliphatic carbocycles. The number of anilines is 1. The second-order valence-electron chi connectivity index (χ2n) is 11.4. The molecule has 0 unspecified atom stereocenters. The van der Waals surface area contributed by atoms with Crippen molar-refractivity contribution in [2.45, 2.75) is 68.7 Å². The van der Waals surface area contributed by atoms with Crippen LogP contribution in [0.15, 0.2) is 76.6 Å². The smallest absolute Gasteiger partial charge is 0.301 e. The van der Waals surface area contributed by atoms with E-state index in [1.165, 1.54) is 28.0 Å². The number of fused-ring (bicyclic) bond motifs is 1. The molecule has 2 atom stereocenters. The standard InChI is InChI=1S/C36H37N3O6S2/c1-4-6-10-17-44-28-16-13-24(20-29(28)43-5-2)31-30(32(40)25-14-15-27-26(19-25)18-22(3)45-27)33(41)34(42)39(31)35-37-38-36(47-35)46-21-23-11-8-7-9-12-23/h7-9,11-16,19-20,22,31,40H,4-6,10,17-18,21H2,1-3H3/b32-30+/t22-,31+/m0/s1. The summed E-state index contributed by atoms with van der Waals surface area (Å²) in [5.41, 5.74) is 3.03. The molecular weight excluding hydrogens is 635 g/mol. The monoisotopic (exact) mass is 671 g/mol. The summed E-state index contributed by atoms with van der Waals surface area (Å²) < 4.78 is 18.5. The zero-order valence-corrected chi connectivity index (χ0v) is 28.2. The summed E-state index contributed by atoms with van der Waals surface area (Å²) in [5.74, 6) is 0.637. The van der Waals surface area contributed by atoms with Crippen LogP contribution in [-0.2, 0) is 21.8 Å². The van der Waals surface area contributed by atoms with Crippen molar-refractivity contribution in [3.8, 4) is 17.2 Å². The highest BCUT2D eigenvalue weighted by Gasteiger charge is 2.48. The molecule has 0 saturated carbocycles. The van der Waals surface area contributed by atoms with Gasteiger partial charge in [-0.2, -0.15) is 0 Å². The number of nitrogens with zero attached hydrogens (tertiary/aromatic N) is 3. The van der Waals surface area contributed by atoms with E-state index < -0.39 is 17.7 Å². The van der Waals surface area contributed by atoms with E-state index in [4.69, 9.17) is 14.2 Å². The molecule has 1 fully saturated rings. The average molecular weight is 672 g/mol. The van der Waals surface area contributed by atoms with E-state index >= 15 is 0 Å². The maximum atomic E-state index is 13.8. The van der Waals surface area contributed by atoms with Crippen molar-refractivity contribution in [2.24, 2.45) is 0 Å². The number of benzene rings is 3. The molecule has 0 spiro atoms. The number of aliphatic hydroxyl groups is 1. The Labute approximate surface area is 282 Å². The Morgan fingerprint density at radius 1 is 1.02 bits per heavy atom. The first-order chi connectivity index (χ1) is 22.9. The minimum atomic E-state index is -0.980. The van der Waals surface area contributed by atoms with Crippen LogP contribution in [0, 0.1) is 0 Å². The normalized spacial score (nSPS) is 18.3. The van der Waals surface area contributed by atoms with Gasteiger partial charge in [0.05, 0.1) is 24.8 Å². The summed E-state index contributed by atoms with van der Waals surface area (Å²) in [4.78, 5) is 29.0. The molecule has 0 bridgehead atoms. The van der Waals surface area contributed by atoms with Crippen molar-refractivity contribution in [3.63, 3.8) is 0 Å². The van der Waals surface area contributed by atoms with Gasteiger partial charge in [0.25, 0.3) is 5.78 Å². The number of unbranched alkanes of at least 4 members (excludes halogenated alkanes) is 2. The highest BCUT2D eigenvalue weighted by molar-refractivity contribution is 8.00. The fourth-order valence-electron chi connectivity index (χ4n) is 5.76. The number of carbonyl (C=O) groups excluding carboxylic acids is 2. The summed E-state index contributed by atoms with van der Waals surface area (Å²) in [6.07, 6.45) is 3.74. The molecule has 2 aliphatic heterocycles. The van der Waals surface area contributed by atoms with Crippen LogP contribution >= 0.6 is 23.1 Å². The zero-order chi connectivity index (χ0) is 32.9. The maximum Gasteiger partial charge on any atom is 0.301 e. The Balaban J connectivity index is 1.40. The number of thioether (sulfide) groups is 1. The van der Waals surface area contributed by atoms with Gasteiger partial charge in [0.15, 0.2) is 15.8 Å². The molecule has 1 aromatic heterocycles. The molecule has 3 aromatic carbocycles. The van der Waals surface area contributed by atoms with Crippen LogP contribution in [0.1, 0.15) is 68.3 Å². The number of ketones is 1. The topological polar surface area (TPSA) is 111 Å². The van der Waals surface area contributed by atoms with Gasteiger partial charge in [-0.05, 0) is 67.3 Å². The second kappa shape index (κ2) is 14.6. The number of aliphatic hydroxyl groups excluding tert-OH is 1. The van der Waals surface area contributed by atoms with Crippen molar-refractivity contribution >= 4 is 45.7 Å². The molecule has 1 N–H and O–H groups in total. The van der Waals surface area contributed by atoms with Gasteiger partial charge in [0.2, 0.25) is 5.13 Å². The summed E-state index contributed by atoms with van der Waals surface area (Å²) in [5, 5.41) is 20.7. The fourth-order valence-corrected chi connectivity index (χ4v) is 7.59. The quantitative estimate of drug-likeness (QED) is 0.0381. The third-order valence-corrected chi connectivity index (χ3v) is 10.1. The molecule has 0 radical (unpaired) electrons. The van der Waals surface area contributed by atoms with Gasteiger partial charge >= 0.3 is 5.91 Å². The van der Waals surface area contributed by atoms with E-state index in [1.807, 2.05) is 50.2 Å². The highest BCUT2D eigenvalue weighted by atomic mass is 32.2. The Kier molecular flexibility index (Phi) is 10.1. The zero-order valence-electron chi connectivity index (χ0n) is 26.6. The first-order valence-corrected chi connectivity index (χ1v) is 17.7. The Morgan fingerprint density at radius 3 is 2.64 bits per heavy atom. The SMILES string of the molecule is CCCCCOc1ccc([C@@H]2/C(=C(\O)c3ccc4c(c3)C[C@H](C)O4)C(=O)C(=O)N2c2nnc(SCc3ccccc3)s2)cc1OCC. The number of carbonyl (C=O) groups is 2. The van der Waals surface area contributed by atoms with Crippen LogP contribution in [0.5, 0.6) is 17.2 Å². The van der Waals surface area contributed by atoms with E-state index in [0.717, 1.165) is 36.1 Å². The number of Topliss-reactive ketones (excluding diaryl/α,β-unsaturated/α-hetero) is 1. The maximum absolute atomic E-state index is 13.8. The Hall–Kier alpha value is -4.35. The molecule has 1 amide bonds. The molecule has 4 aromatic rings. The fraction of sp³-hybridized carbons (Fsp3) is 0.333. The summed E-state index contributed by atoms with van der Waals surface area (Å²) >= 11 is 2.73. The van der Waals surface area contributed by atoms with Crippen LogP contribution in [0.25, 0.3) is 5.76 Å². The number of hydrogen-bond acceptors (Lipinski definition) is 10. The molecule has 2 aliphatic rings. The van der Waals surface area contributed by atoms with Gasteiger partial charge < -0.3 is 19.3 Å². The van der Waals surface area contributed by atoms with E-state index in [1.54, 1.807) is 30.3 Å². The van der Waals surface area contributed by atoms with Crippen molar-refractivity contribution in [2.75, 3.05) is 18.1 Å². The molecular formula is C36H37N3O6S2. The number of ether oxygens (including phenoxy) is 3. The van der Waals surface area contributed by atoms with E-state index in [9.17, 15) is 14.7 Å².